The number of carbonyl (C=O) groups is 2. The maximum absolute atomic E-state index is 13.4. The zero-order chi connectivity index (χ0) is 18.0. The van der Waals surface area contributed by atoms with Gasteiger partial charge in [0.05, 0.1) is 0 Å². The Hall–Kier alpha value is -2.69. The molecule has 1 heterocycles. The Balaban J connectivity index is 1.86. The predicted octanol–water partition coefficient (Wildman–Crippen LogP) is 3.83. The van der Waals surface area contributed by atoms with Crippen molar-refractivity contribution in [2.75, 3.05) is 5.32 Å². The van der Waals surface area contributed by atoms with Gasteiger partial charge >= 0.3 is 0 Å². The van der Waals surface area contributed by atoms with Gasteiger partial charge < -0.3 is 10.2 Å². The molecule has 0 saturated heterocycles. The summed E-state index contributed by atoms with van der Waals surface area (Å²) in [6.45, 7) is 4.35. The normalized spacial score (nSPS) is 15.6. The summed E-state index contributed by atoms with van der Waals surface area (Å²) in [5.41, 5.74) is 1.97. The van der Waals surface area contributed by atoms with Gasteiger partial charge in [-0.05, 0) is 35.7 Å². The van der Waals surface area contributed by atoms with Crippen LogP contribution in [0.5, 0.6) is 0 Å². The van der Waals surface area contributed by atoms with Crippen LogP contribution in [0.2, 0.25) is 0 Å². The maximum Gasteiger partial charge on any atom is 0.255 e. The van der Waals surface area contributed by atoms with E-state index in [4.69, 9.17) is 0 Å². The standard InChI is InChI=1S/C20H21FN2O2/c1-3-13(2)18(19(24)22-16-9-6-8-15(21)11-16)23-12-14-7-4-5-10-17(14)20(23)25/h4-11,13,18H,3,12H2,1-2H3,(H,22,24)/t13?,18-/m0/s1. The number of rotatable bonds is 5. The summed E-state index contributed by atoms with van der Waals surface area (Å²) in [6, 6.07) is 12.6. The molecule has 2 atom stereocenters. The Morgan fingerprint density at radius 1 is 1.24 bits per heavy atom. The molecule has 4 nitrogen and oxygen atoms in total. The van der Waals surface area contributed by atoms with Crippen LogP contribution >= 0.6 is 0 Å². The fourth-order valence-electron chi connectivity index (χ4n) is 3.21. The van der Waals surface area contributed by atoms with E-state index in [-0.39, 0.29) is 17.7 Å². The second kappa shape index (κ2) is 7.05. The molecule has 0 aromatic heterocycles. The van der Waals surface area contributed by atoms with Crippen molar-refractivity contribution in [3.63, 3.8) is 0 Å². The van der Waals surface area contributed by atoms with Gasteiger partial charge in [0.2, 0.25) is 5.91 Å². The molecule has 2 aromatic carbocycles. The number of amides is 2. The molecule has 0 fully saturated rings. The number of carbonyl (C=O) groups excluding carboxylic acids is 2. The van der Waals surface area contributed by atoms with Gasteiger partial charge in [-0.3, -0.25) is 9.59 Å². The van der Waals surface area contributed by atoms with E-state index in [1.807, 2.05) is 32.0 Å². The van der Waals surface area contributed by atoms with Gasteiger partial charge in [-0.15, -0.1) is 0 Å². The number of anilines is 1. The van der Waals surface area contributed by atoms with Crippen molar-refractivity contribution in [2.45, 2.75) is 32.9 Å². The van der Waals surface area contributed by atoms with E-state index in [2.05, 4.69) is 5.32 Å². The van der Waals surface area contributed by atoms with E-state index in [1.165, 1.54) is 12.1 Å². The van der Waals surface area contributed by atoms with E-state index in [1.54, 1.807) is 23.1 Å². The van der Waals surface area contributed by atoms with Crippen LogP contribution < -0.4 is 5.32 Å². The van der Waals surface area contributed by atoms with Crippen molar-refractivity contribution in [3.05, 3.63) is 65.5 Å². The van der Waals surface area contributed by atoms with Gasteiger partial charge in [0, 0.05) is 17.8 Å². The van der Waals surface area contributed by atoms with Crippen LogP contribution in [0.25, 0.3) is 0 Å². The molecule has 1 N–H and O–H groups in total. The summed E-state index contributed by atoms with van der Waals surface area (Å²) < 4.78 is 13.4. The van der Waals surface area contributed by atoms with Crippen LogP contribution in [-0.2, 0) is 11.3 Å². The summed E-state index contributed by atoms with van der Waals surface area (Å²) >= 11 is 0. The second-order valence-corrected chi connectivity index (χ2v) is 6.42. The quantitative estimate of drug-likeness (QED) is 0.899. The summed E-state index contributed by atoms with van der Waals surface area (Å²) in [5.74, 6) is -0.856. The highest BCUT2D eigenvalue weighted by atomic mass is 19.1. The van der Waals surface area contributed by atoms with Gasteiger partial charge in [0.15, 0.2) is 0 Å². The molecule has 0 radical (unpaired) electrons. The molecule has 1 aliphatic rings. The molecule has 130 valence electrons. The van der Waals surface area contributed by atoms with Gasteiger partial charge in [0.25, 0.3) is 5.91 Å². The molecule has 2 aromatic rings. The van der Waals surface area contributed by atoms with E-state index in [0.717, 1.165) is 12.0 Å². The smallest absolute Gasteiger partial charge is 0.255 e. The zero-order valence-electron chi connectivity index (χ0n) is 14.3. The van der Waals surface area contributed by atoms with Crippen LogP contribution in [0.4, 0.5) is 10.1 Å². The fourth-order valence-corrected chi connectivity index (χ4v) is 3.21. The Labute approximate surface area is 146 Å². The Bertz CT molecular complexity index is 806. The summed E-state index contributed by atoms with van der Waals surface area (Å²) in [4.78, 5) is 27.3. The second-order valence-electron chi connectivity index (χ2n) is 6.42. The van der Waals surface area contributed by atoms with Crippen LogP contribution in [0.15, 0.2) is 48.5 Å². The highest BCUT2D eigenvalue weighted by Crippen LogP contribution is 2.28. The minimum absolute atomic E-state index is 0.0215. The van der Waals surface area contributed by atoms with Crippen molar-refractivity contribution >= 4 is 17.5 Å². The molecule has 1 unspecified atom stereocenters. The van der Waals surface area contributed by atoms with Crippen LogP contribution in [0.3, 0.4) is 0 Å². The molecule has 0 saturated carbocycles. The third-order valence-corrected chi connectivity index (χ3v) is 4.73. The molecule has 1 aliphatic heterocycles. The van der Waals surface area contributed by atoms with Gasteiger partial charge in [-0.25, -0.2) is 4.39 Å². The van der Waals surface area contributed by atoms with Crippen molar-refractivity contribution in [3.8, 4) is 0 Å². The van der Waals surface area contributed by atoms with Crippen molar-refractivity contribution in [1.82, 2.24) is 4.90 Å². The number of hydrogen-bond donors (Lipinski definition) is 1. The maximum atomic E-state index is 13.4. The SMILES string of the molecule is CCC(C)[C@@H](C(=O)Nc1cccc(F)c1)N1Cc2ccccc2C1=O. The largest absolute Gasteiger partial charge is 0.324 e. The molecular weight excluding hydrogens is 319 g/mol. The Morgan fingerprint density at radius 3 is 2.68 bits per heavy atom. The number of fused-ring (bicyclic) bond motifs is 1. The number of nitrogens with one attached hydrogen (secondary N) is 1. The minimum Gasteiger partial charge on any atom is -0.324 e. The number of nitrogens with zero attached hydrogens (tertiary/aromatic N) is 1. The average molecular weight is 340 g/mol. The highest BCUT2D eigenvalue weighted by molar-refractivity contribution is 6.03. The predicted molar refractivity (Wildman–Crippen MR) is 94.6 cm³/mol. The Morgan fingerprint density at radius 2 is 2.00 bits per heavy atom. The average Bonchev–Trinajstić information content (AvgIpc) is 2.92. The molecule has 25 heavy (non-hydrogen) atoms. The Kier molecular flexibility index (Phi) is 4.83. The molecule has 0 bridgehead atoms. The van der Waals surface area contributed by atoms with Gasteiger partial charge in [-0.1, -0.05) is 44.5 Å². The van der Waals surface area contributed by atoms with Crippen LogP contribution in [-0.4, -0.2) is 22.8 Å². The van der Waals surface area contributed by atoms with Crippen molar-refractivity contribution < 1.29 is 14.0 Å². The minimum atomic E-state index is -0.604. The summed E-state index contributed by atoms with van der Waals surface area (Å²) in [7, 11) is 0. The number of hydrogen-bond acceptors (Lipinski definition) is 2. The lowest BCUT2D eigenvalue weighted by molar-refractivity contribution is -0.122. The van der Waals surface area contributed by atoms with Crippen LogP contribution in [0.1, 0.15) is 36.2 Å². The van der Waals surface area contributed by atoms with E-state index in [9.17, 15) is 14.0 Å². The molecule has 0 aliphatic carbocycles. The van der Waals surface area contributed by atoms with Crippen molar-refractivity contribution in [1.29, 1.82) is 0 Å². The third-order valence-electron chi connectivity index (χ3n) is 4.73. The lowest BCUT2D eigenvalue weighted by Gasteiger charge is -2.31. The first-order valence-corrected chi connectivity index (χ1v) is 8.46. The fraction of sp³-hybridized carbons (Fsp3) is 0.300. The van der Waals surface area contributed by atoms with E-state index >= 15 is 0 Å². The number of halogens is 1. The summed E-state index contributed by atoms with van der Waals surface area (Å²) in [5, 5.41) is 2.75. The zero-order valence-corrected chi connectivity index (χ0v) is 14.3. The molecule has 0 spiro atoms. The van der Waals surface area contributed by atoms with Crippen molar-refractivity contribution in [2.24, 2.45) is 5.92 Å². The first-order valence-electron chi connectivity index (χ1n) is 8.46. The van der Waals surface area contributed by atoms with E-state index < -0.39 is 11.9 Å². The first kappa shape index (κ1) is 17.1. The number of benzene rings is 2. The summed E-state index contributed by atoms with van der Waals surface area (Å²) in [6.07, 6.45) is 0.751. The molecular formula is C20H21FN2O2. The molecule has 5 heteroatoms. The monoisotopic (exact) mass is 340 g/mol. The molecule has 3 rings (SSSR count). The van der Waals surface area contributed by atoms with Crippen LogP contribution in [0, 0.1) is 11.7 Å². The molecule has 2 amide bonds. The third kappa shape index (κ3) is 3.40. The van der Waals surface area contributed by atoms with Gasteiger partial charge in [-0.2, -0.15) is 0 Å². The highest BCUT2D eigenvalue weighted by Gasteiger charge is 2.38. The lowest BCUT2D eigenvalue weighted by Crippen LogP contribution is -2.48. The topological polar surface area (TPSA) is 49.4 Å². The van der Waals surface area contributed by atoms with E-state index in [0.29, 0.717) is 17.8 Å². The van der Waals surface area contributed by atoms with Gasteiger partial charge in [0.1, 0.15) is 11.9 Å². The lowest BCUT2D eigenvalue weighted by atomic mass is 9.96. The first-order chi connectivity index (χ1) is 12.0.